The average Bonchev–Trinajstić information content (AvgIpc) is 2.07. The SMILES string of the molecule is CC(=O)Nc1ccc(N)c(N(C)C)c1. The summed E-state index contributed by atoms with van der Waals surface area (Å²) in [5, 5.41) is 2.71. The number of nitrogens with two attached hydrogens (primary N) is 1. The molecule has 1 amide bonds. The van der Waals surface area contributed by atoms with E-state index in [1.54, 1.807) is 12.1 Å². The first-order valence-corrected chi connectivity index (χ1v) is 4.35. The molecule has 4 nitrogen and oxygen atoms in total. The molecule has 0 saturated heterocycles. The van der Waals surface area contributed by atoms with E-state index in [1.807, 2.05) is 25.1 Å². The molecule has 0 atom stereocenters. The van der Waals surface area contributed by atoms with Gasteiger partial charge in [0, 0.05) is 26.7 Å². The monoisotopic (exact) mass is 193 g/mol. The Morgan fingerprint density at radius 1 is 1.43 bits per heavy atom. The molecule has 0 aliphatic carbocycles. The van der Waals surface area contributed by atoms with E-state index in [-0.39, 0.29) is 5.91 Å². The van der Waals surface area contributed by atoms with Gasteiger partial charge in [-0.05, 0) is 18.2 Å². The third-order valence-electron chi connectivity index (χ3n) is 1.83. The molecule has 0 aliphatic rings. The van der Waals surface area contributed by atoms with Gasteiger partial charge in [-0.1, -0.05) is 0 Å². The number of benzene rings is 1. The smallest absolute Gasteiger partial charge is 0.221 e. The van der Waals surface area contributed by atoms with Gasteiger partial charge in [0.15, 0.2) is 0 Å². The van der Waals surface area contributed by atoms with E-state index in [0.717, 1.165) is 11.4 Å². The standard InChI is InChI=1S/C10H15N3O/c1-7(14)12-8-4-5-9(11)10(6-8)13(2)3/h4-6H,11H2,1-3H3,(H,12,14). The van der Waals surface area contributed by atoms with Crippen LogP contribution < -0.4 is 16.0 Å². The second-order valence-corrected chi connectivity index (χ2v) is 3.35. The molecule has 3 N–H and O–H groups in total. The summed E-state index contributed by atoms with van der Waals surface area (Å²) in [6, 6.07) is 5.40. The Labute approximate surface area is 83.7 Å². The lowest BCUT2D eigenvalue weighted by molar-refractivity contribution is -0.114. The van der Waals surface area contributed by atoms with Crippen molar-refractivity contribution in [2.75, 3.05) is 30.0 Å². The first-order chi connectivity index (χ1) is 6.50. The van der Waals surface area contributed by atoms with Crippen molar-refractivity contribution in [2.24, 2.45) is 0 Å². The number of anilines is 3. The summed E-state index contributed by atoms with van der Waals surface area (Å²) < 4.78 is 0. The molecule has 14 heavy (non-hydrogen) atoms. The highest BCUT2D eigenvalue weighted by molar-refractivity contribution is 5.90. The first kappa shape index (κ1) is 10.4. The van der Waals surface area contributed by atoms with E-state index in [2.05, 4.69) is 5.32 Å². The van der Waals surface area contributed by atoms with Gasteiger partial charge in [-0.2, -0.15) is 0 Å². The maximum atomic E-state index is 10.8. The van der Waals surface area contributed by atoms with Gasteiger partial charge in [0.05, 0.1) is 11.4 Å². The molecule has 76 valence electrons. The van der Waals surface area contributed by atoms with E-state index in [0.29, 0.717) is 5.69 Å². The van der Waals surface area contributed by atoms with Gasteiger partial charge >= 0.3 is 0 Å². The Hall–Kier alpha value is -1.71. The lowest BCUT2D eigenvalue weighted by atomic mass is 10.2. The summed E-state index contributed by atoms with van der Waals surface area (Å²) >= 11 is 0. The van der Waals surface area contributed by atoms with Crippen molar-refractivity contribution >= 4 is 23.0 Å². The molecule has 0 bridgehead atoms. The molecular formula is C10H15N3O. The number of hydrogen-bond acceptors (Lipinski definition) is 3. The van der Waals surface area contributed by atoms with Gasteiger partial charge in [-0.25, -0.2) is 0 Å². The summed E-state index contributed by atoms with van der Waals surface area (Å²) in [6.07, 6.45) is 0. The van der Waals surface area contributed by atoms with Crippen LogP contribution in [0.5, 0.6) is 0 Å². The molecule has 0 aliphatic heterocycles. The molecule has 0 unspecified atom stereocenters. The highest BCUT2D eigenvalue weighted by Crippen LogP contribution is 2.24. The van der Waals surface area contributed by atoms with Crippen molar-refractivity contribution in [3.63, 3.8) is 0 Å². The Bertz CT molecular complexity index is 347. The lowest BCUT2D eigenvalue weighted by Gasteiger charge is -2.16. The third kappa shape index (κ3) is 2.39. The molecule has 0 radical (unpaired) electrons. The predicted molar refractivity (Wildman–Crippen MR) is 59.5 cm³/mol. The zero-order chi connectivity index (χ0) is 10.7. The van der Waals surface area contributed by atoms with Gasteiger partial charge in [0.25, 0.3) is 0 Å². The lowest BCUT2D eigenvalue weighted by Crippen LogP contribution is -2.12. The Morgan fingerprint density at radius 2 is 2.07 bits per heavy atom. The minimum absolute atomic E-state index is 0.0838. The van der Waals surface area contributed by atoms with E-state index in [4.69, 9.17) is 5.73 Å². The average molecular weight is 193 g/mol. The van der Waals surface area contributed by atoms with E-state index in [1.165, 1.54) is 6.92 Å². The third-order valence-corrected chi connectivity index (χ3v) is 1.83. The minimum atomic E-state index is -0.0838. The van der Waals surface area contributed by atoms with Crippen LogP contribution in [0.3, 0.4) is 0 Å². The number of nitrogens with one attached hydrogen (secondary N) is 1. The highest BCUT2D eigenvalue weighted by atomic mass is 16.1. The van der Waals surface area contributed by atoms with Gasteiger partial charge in [-0.3, -0.25) is 4.79 Å². The van der Waals surface area contributed by atoms with Crippen molar-refractivity contribution in [1.82, 2.24) is 0 Å². The first-order valence-electron chi connectivity index (χ1n) is 4.35. The number of carbonyl (C=O) groups is 1. The predicted octanol–water partition coefficient (Wildman–Crippen LogP) is 1.29. The molecule has 0 aromatic heterocycles. The zero-order valence-corrected chi connectivity index (χ0v) is 8.66. The molecule has 1 rings (SSSR count). The van der Waals surface area contributed by atoms with Crippen LogP contribution in [-0.4, -0.2) is 20.0 Å². The molecular weight excluding hydrogens is 178 g/mol. The van der Waals surface area contributed by atoms with Gasteiger partial charge in [-0.15, -0.1) is 0 Å². The second kappa shape index (κ2) is 4.00. The minimum Gasteiger partial charge on any atom is -0.397 e. The number of rotatable bonds is 2. The zero-order valence-electron chi connectivity index (χ0n) is 8.66. The number of nitrogen functional groups attached to an aromatic ring is 1. The highest BCUT2D eigenvalue weighted by Gasteiger charge is 2.03. The van der Waals surface area contributed by atoms with Crippen molar-refractivity contribution in [1.29, 1.82) is 0 Å². The summed E-state index contributed by atoms with van der Waals surface area (Å²) in [7, 11) is 3.81. The molecule has 1 aromatic carbocycles. The normalized spacial score (nSPS) is 9.64. The van der Waals surface area contributed by atoms with Crippen molar-refractivity contribution < 1.29 is 4.79 Å². The second-order valence-electron chi connectivity index (χ2n) is 3.35. The van der Waals surface area contributed by atoms with E-state index in [9.17, 15) is 4.79 Å². The Kier molecular flexibility index (Phi) is 2.96. The summed E-state index contributed by atoms with van der Waals surface area (Å²) in [5.41, 5.74) is 8.12. The topological polar surface area (TPSA) is 58.4 Å². The fourth-order valence-electron chi connectivity index (χ4n) is 1.21. The Balaban J connectivity index is 3.00. The molecule has 0 heterocycles. The summed E-state index contributed by atoms with van der Waals surface area (Å²) in [5.74, 6) is -0.0838. The molecule has 1 aromatic rings. The summed E-state index contributed by atoms with van der Waals surface area (Å²) in [4.78, 5) is 12.7. The van der Waals surface area contributed by atoms with Crippen LogP contribution in [-0.2, 0) is 4.79 Å². The van der Waals surface area contributed by atoms with Crippen LogP contribution in [0.1, 0.15) is 6.92 Å². The van der Waals surface area contributed by atoms with Crippen LogP contribution in [0.2, 0.25) is 0 Å². The van der Waals surface area contributed by atoms with Gasteiger partial charge in [0.2, 0.25) is 5.91 Å². The van der Waals surface area contributed by atoms with E-state index < -0.39 is 0 Å². The number of amides is 1. The van der Waals surface area contributed by atoms with Crippen LogP contribution in [0.25, 0.3) is 0 Å². The van der Waals surface area contributed by atoms with Crippen molar-refractivity contribution in [3.8, 4) is 0 Å². The summed E-state index contributed by atoms with van der Waals surface area (Å²) in [6.45, 7) is 1.48. The van der Waals surface area contributed by atoms with Crippen LogP contribution in [0.4, 0.5) is 17.1 Å². The molecule has 0 saturated carbocycles. The fraction of sp³-hybridized carbons (Fsp3) is 0.300. The van der Waals surface area contributed by atoms with Crippen molar-refractivity contribution in [2.45, 2.75) is 6.92 Å². The van der Waals surface area contributed by atoms with Gasteiger partial charge in [0.1, 0.15) is 0 Å². The number of nitrogens with zero attached hydrogens (tertiary/aromatic N) is 1. The quantitative estimate of drug-likeness (QED) is 0.696. The molecule has 0 fully saturated rings. The van der Waals surface area contributed by atoms with Crippen LogP contribution in [0.15, 0.2) is 18.2 Å². The van der Waals surface area contributed by atoms with Gasteiger partial charge < -0.3 is 16.0 Å². The van der Waals surface area contributed by atoms with Crippen LogP contribution in [0, 0.1) is 0 Å². The van der Waals surface area contributed by atoms with Crippen LogP contribution >= 0.6 is 0 Å². The maximum absolute atomic E-state index is 10.8. The fourth-order valence-corrected chi connectivity index (χ4v) is 1.21. The van der Waals surface area contributed by atoms with Crippen molar-refractivity contribution in [3.05, 3.63) is 18.2 Å². The Morgan fingerprint density at radius 3 is 2.57 bits per heavy atom. The molecule has 4 heteroatoms. The maximum Gasteiger partial charge on any atom is 0.221 e. The largest absolute Gasteiger partial charge is 0.397 e. The number of carbonyl (C=O) groups excluding carboxylic acids is 1. The molecule has 0 spiro atoms. The number of hydrogen-bond donors (Lipinski definition) is 2. The van der Waals surface area contributed by atoms with E-state index >= 15 is 0 Å².